The zero-order valence-corrected chi connectivity index (χ0v) is 5.84. The lowest BCUT2D eigenvalue weighted by molar-refractivity contribution is -0.153. The molecule has 0 radical (unpaired) electrons. The van der Waals surface area contributed by atoms with Gasteiger partial charge in [0.05, 0.1) is 6.10 Å². The summed E-state index contributed by atoms with van der Waals surface area (Å²) in [6.45, 7) is 1.06. The predicted molar refractivity (Wildman–Crippen MR) is 31.3 cm³/mol. The minimum absolute atomic E-state index is 0.757. The Morgan fingerprint density at radius 3 is 2.00 bits per heavy atom. The maximum atomic E-state index is 12.4. The van der Waals surface area contributed by atoms with Gasteiger partial charge < -0.3 is 10.2 Å². The standard InChI is InChI=1S/C6H8F2O3/c1-3(9)5(4(10)11)2-6(5,7)8/h3,9H,2H2,1H3,(H,10,11). The van der Waals surface area contributed by atoms with Crippen molar-refractivity contribution in [2.45, 2.75) is 25.4 Å². The highest BCUT2D eigenvalue weighted by atomic mass is 19.3. The van der Waals surface area contributed by atoms with Crippen LogP contribution in [0.2, 0.25) is 0 Å². The summed E-state index contributed by atoms with van der Waals surface area (Å²) >= 11 is 0. The van der Waals surface area contributed by atoms with Crippen LogP contribution in [0.25, 0.3) is 0 Å². The Morgan fingerprint density at radius 1 is 1.64 bits per heavy atom. The fourth-order valence-electron chi connectivity index (χ4n) is 1.17. The van der Waals surface area contributed by atoms with Crippen molar-refractivity contribution in [3.63, 3.8) is 0 Å². The average Bonchev–Trinajstić information content (AvgIpc) is 2.35. The van der Waals surface area contributed by atoms with Gasteiger partial charge in [-0.3, -0.25) is 4.79 Å². The monoisotopic (exact) mass is 166 g/mol. The van der Waals surface area contributed by atoms with Gasteiger partial charge >= 0.3 is 5.97 Å². The molecule has 0 spiro atoms. The van der Waals surface area contributed by atoms with Crippen molar-refractivity contribution >= 4 is 5.97 Å². The molecule has 2 N–H and O–H groups in total. The van der Waals surface area contributed by atoms with E-state index in [-0.39, 0.29) is 0 Å². The van der Waals surface area contributed by atoms with Crippen LogP contribution in [0.4, 0.5) is 8.78 Å². The molecule has 0 bridgehead atoms. The third-order valence-electron chi connectivity index (χ3n) is 2.12. The molecule has 2 atom stereocenters. The first-order valence-electron chi connectivity index (χ1n) is 3.14. The summed E-state index contributed by atoms with van der Waals surface area (Å²) < 4.78 is 24.8. The van der Waals surface area contributed by atoms with Crippen molar-refractivity contribution in [2.75, 3.05) is 0 Å². The van der Waals surface area contributed by atoms with Crippen LogP contribution in [0.1, 0.15) is 13.3 Å². The van der Waals surface area contributed by atoms with Gasteiger partial charge in [0, 0.05) is 6.42 Å². The Labute approximate surface area is 61.6 Å². The molecular formula is C6H8F2O3. The highest BCUT2D eigenvalue weighted by molar-refractivity contribution is 5.81. The second kappa shape index (κ2) is 1.91. The molecule has 1 aliphatic rings. The number of aliphatic hydroxyl groups is 1. The third kappa shape index (κ3) is 0.837. The Morgan fingerprint density at radius 2 is 2.00 bits per heavy atom. The van der Waals surface area contributed by atoms with Gasteiger partial charge in [0.15, 0.2) is 5.41 Å². The van der Waals surface area contributed by atoms with Crippen LogP contribution in [0.5, 0.6) is 0 Å². The second-order valence-corrected chi connectivity index (χ2v) is 2.83. The van der Waals surface area contributed by atoms with E-state index in [1.54, 1.807) is 0 Å². The molecule has 3 nitrogen and oxygen atoms in total. The quantitative estimate of drug-likeness (QED) is 0.627. The summed E-state index contributed by atoms with van der Waals surface area (Å²) in [7, 11) is 0. The SMILES string of the molecule is CC(O)C1(C(=O)O)CC1(F)F. The zero-order valence-electron chi connectivity index (χ0n) is 5.84. The normalized spacial score (nSPS) is 36.4. The first-order chi connectivity index (χ1) is 4.84. The van der Waals surface area contributed by atoms with Crippen LogP contribution in [-0.4, -0.2) is 28.2 Å². The molecule has 0 saturated heterocycles. The van der Waals surface area contributed by atoms with E-state index in [0.717, 1.165) is 6.92 Å². The number of halogens is 2. The Bertz CT molecular complexity index is 202. The van der Waals surface area contributed by atoms with Gasteiger partial charge in [-0.25, -0.2) is 8.78 Å². The van der Waals surface area contributed by atoms with Crippen LogP contribution < -0.4 is 0 Å². The van der Waals surface area contributed by atoms with Crippen LogP contribution >= 0.6 is 0 Å². The summed E-state index contributed by atoms with van der Waals surface area (Å²) in [6.07, 6.45) is -2.26. The molecule has 0 aromatic heterocycles. The smallest absolute Gasteiger partial charge is 0.318 e. The van der Waals surface area contributed by atoms with Crippen molar-refractivity contribution in [3.8, 4) is 0 Å². The minimum Gasteiger partial charge on any atom is -0.481 e. The molecule has 1 rings (SSSR count). The summed E-state index contributed by atoms with van der Waals surface area (Å²) in [5.74, 6) is -4.87. The van der Waals surface area contributed by atoms with Gasteiger partial charge in [-0.1, -0.05) is 0 Å². The third-order valence-corrected chi connectivity index (χ3v) is 2.12. The topological polar surface area (TPSA) is 57.5 Å². The first kappa shape index (κ1) is 8.39. The number of carbonyl (C=O) groups is 1. The van der Waals surface area contributed by atoms with E-state index < -0.39 is 29.8 Å². The fourth-order valence-corrected chi connectivity index (χ4v) is 1.17. The number of aliphatic hydroxyl groups excluding tert-OH is 1. The minimum atomic E-state index is -3.24. The Hall–Kier alpha value is -0.710. The van der Waals surface area contributed by atoms with Crippen molar-refractivity contribution in [1.29, 1.82) is 0 Å². The number of hydrogen-bond donors (Lipinski definition) is 2. The Kier molecular flexibility index (Phi) is 1.46. The van der Waals surface area contributed by atoms with Crippen LogP contribution in [0.3, 0.4) is 0 Å². The van der Waals surface area contributed by atoms with Crippen molar-refractivity contribution in [2.24, 2.45) is 5.41 Å². The Balaban J connectivity index is 2.88. The molecule has 0 aromatic carbocycles. The van der Waals surface area contributed by atoms with Crippen LogP contribution in [0.15, 0.2) is 0 Å². The number of carboxylic acid groups (broad SMARTS) is 1. The van der Waals surface area contributed by atoms with Crippen molar-refractivity contribution in [3.05, 3.63) is 0 Å². The van der Waals surface area contributed by atoms with Gasteiger partial charge in [0.25, 0.3) is 5.92 Å². The number of aliphatic carboxylic acids is 1. The molecule has 2 unspecified atom stereocenters. The van der Waals surface area contributed by atoms with E-state index in [1.165, 1.54) is 0 Å². The van der Waals surface area contributed by atoms with E-state index in [1.807, 2.05) is 0 Å². The van der Waals surface area contributed by atoms with Gasteiger partial charge in [0.1, 0.15) is 0 Å². The predicted octanol–water partition coefficient (Wildman–Crippen LogP) is 0.477. The lowest BCUT2D eigenvalue weighted by atomic mass is 10.0. The van der Waals surface area contributed by atoms with E-state index in [9.17, 15) is 13.6 Å². The maximum absolute atomic E-state index is 12.4. The molecule has 0 amide bonds. The highest BCUT2D eigenvalue weighted by Gasteiger charge is 2.78. The molecule has 1 fully saturated rings. The van der Waals surface area contributed by atoms with Gasteiger partial charge in [-0.2, -0.15) is 0 Å². The molecule has 5 heteroatoms. The maximum Gasteiger partial charge on any atom is 0.318 e. The van der Waals surface area contributed by atoms with Gasteiger partial charge in [-0.05, 0) is 6.92 Å². The summed E-state index contributed by atoms with van der Waals surface area (Å²) in [5.41, 5.74) is -2.22. The highest BCUT2D eigenvalue weighted by Crippen LogP contribution is 2.62. The van der Waals surface area contributed by atoms with Crippen LogP contribution in [0, 0.1) is 5.41 Å². The molecule has 1 saturated carbocycles. The van der Waals surface area contributed by atoms with Crippen molar-refractivity contribution < 1.29 is 23.8 Å². The largest absolute Gasteiger partial charge is 0.481 e. The fraction of sp³-hybridized carbons (Fsp3) is 0.833. The summed E-state index contributed by atoms with van der Waals surface area (Å²) in [6, 6.07) is 0. The summed E-state index contributed by atoms with van der Waals surface area (Å²) in [4.78, 5) is 10.3. The first-order valence-corrected chi connectivity index (χ1v) is 3.14. The molecule has 64 valence electrons. The molecule has 1 aliphatic carbocycles. The number of carboxylic acids is 1. The van der Waals surface area contributed by atoms with E-state index in [2.05, 4.69) is 0 Å². The second-order valence-electron chi connectivity index (χ2n) is 2.83. The zero-order chi connectivity index (χ0) is 8.86. The van der Waals surface area contributed by atoms with E-state index >= 15 is 0 Å². The number of hydrogen-bond acceptors (Lipinski definition) is 2. The van der Waals surface area contributed by atoms with E-state index in [0.29, 0.717) is 0 Å². The van der Waals surface area contributed by atoms with Gasteiger partial charge in [0.2, 0.25) is 0 Å². The number of alkyl halides is 2. The molecule has 0 aliphatic heterocycles. The lowest BCUT2D eigenvalue weighted by Crippen LogP contribution is -2.33. The molecule has 0 heterocycles. The molecule has 11 heavy (non-hydrogen) atoms. The molecule has 0 aromatic rings. The summed E-state index contributed by atoms with van der Waals surface area (Å²) in [5, 5.41) is 17.2. The van der Waals surface area contributed by atoms with Gasteiger partial charge in [-0.15, -0.1) is 0 Å². The molecular weight excluding hydrogens is 158 g/mol. The lowest BCUT2D eigenvalue weighted by Gasteiger charge is -2.13. The van der Waals surface area contributed by atoms with E-state index in [4.69, 9.17) is 10.2 Å². The van der Waals surface area contributed by atoms with Crippen LogP contribution in [-0.2, 0) is 4.79 Å². The van der Waals surface area contributed by atoms with Crippen molar-refractivity contribution in [1.82, 2.24) is 0 Å². The average molecular weight is 166 g/mol. The number of rotatable bonds is 2.